The van der Waals surface area contributed by atoms with Crippen molar-refractivity contribution in [2.45, 2.75) is 32.2 Å². The van der Waals surface area contributed by atoms with Gasteiger partial charge in [0.1, 0.15) is 5.82 Å². The molecule has 1 unspecified atom stereocenters. The van der Waals surface area contributed by atoms with Gasteiger partial charge in [-0.15, -0.1) is 0 Å². The molecule has 1 aromatic rings. The first-order valence-corrected chi connectivity index (χ1v) is 4.75. The summed E-state index contributed by atoms with van der Waals surface area (Å²) in [7, 11) is 0. The van der Waals surface area contributed by atoms with Crippen LogP contribution in [0.2, 0.25) is 0 Å². The smallest absolute Gasteiger partial charge is 0.123 e. The maximum absolute atomic E-state index is 12.8. The molecule has 0 heterocycles. The van der Waals surface area contributed by atoms with Gasteiger partial charge in [0.15, 0.2) is 0 Å². The van der Waals surface area contributed by atoms with Gasteiger partial charge in [0, 0.05) is 6.04 Å². The summed E-state index contributed by atoms with van der Waals surface area (Å²) in [6.07, 6.45) is 3.15. The van der Waals surface area contributed by atoms with Crippen molar-refractivity contribution in [3.63, 3.8) is 0 Å². The summed E-state index contributed by atoms with van der Waals surface area (Å²) >= 11 is 0. The van der Waals surface area contributed by atoms with E-state index >= 15 is 0 Å². The Kier molecular flexibility index (Phi) is 3.90. The molecule has 2 heteroatoms. The lowest BCUT2D eigenvalue weighted by atomic mass is 10.0. The minimum atomic E-state index is -0.204. The second-order valence-electron chi connectivity index (χ2n) is 3.30. The Morgan fingerprint density at radius 2 is 2.23 bits per heavy atom. The number of rotatable bonds is 4. The second-order valence-corrected chi connectivity index (χ2v) is 3.30. The molecule has 1 aromatic carbocycles. The summed E-state index contributed by atoms with van der Waals surface area (Å²) in [5, 5.41) is 0. The molecule has 0 saturated carbocycles. The van der Waals surface area contributed by atoms with Crippen LogP contribution in [-0.4, -0.2) is 0 Å². The molecule has 0 aliphatic rings. The lowest BCUT2D eigenvalue weighted by Gasteiger charge is -2.10. The lowest BCUT2D eigenvalue weighted by Crippen LogP contribution is -2.09. The summed E-state index contributed by atoms with van der Waals surface area (Å²) in [4.78, 5) is 0. The number of hydrogen-bond acceptors (Lipinski definition) is 1. The number of unbranched alkanes of at least 4 members (excludes halogenated alkanes) is 1. The van der Waals surface area contributed by atoms with E-state index in [0.29, 0.717) is 0 Å². The molecule has 0 spiro atoms. The van der Waals surface area contributed by atoms with Gasteiger partial charge in [-0.3, -0.25) is 0 Å². The van der Waals surface area contributed by atoms with Gasteiger partial charge in [-0.25, -0.2) is 4.39 Å². The summed E-state index contributed by atoms with van der Waals surface area (Å²) in [5.41, 5.74) is 6.78. The first-order chi connectivity index (χ1) is 6.24. The molecule has 0 aliphatic heterocycles. The number of halogens is 1. The van der Waals surface area contributed by atoms with E-state index in [4.69, 9.17) is 5.73 Å². The highest BCUT2D eigenvalue weighted by molar-refractivity contribution is 5.19. The van der Waals surface area contributed by atoms with Crippen LogP contribution in [0.1, 0.15) is 37.8 Å². The minimum absolute atomic E-state index is 0.0179. The normalized spacial score (nSPS) is 12.8. The van der Waals surface area contributed by atoms with Crippen LogP contribution in [0.3, 0.4) is 0 Å². The molecule has 1 rings (SSSR count). The first-order valence-electron chi connectivity index (χ1n) is 4.75. The average Bonchev–Trinajstić information content (AvgIpc) is 2.14. The molecule has 0 radical (unpaired) electrons. The molecule has 0 bridgehead atoms. The number of nitrogens with two attached hydrogens (primary N) is 1. The molecule has 0 fully saturated rings. The molecule has 1 atom stereocenters. The third-order valence-electron chi connectivity index (χ3n) is 2.15. The standard InChI is InChI=1S/C11H16FN/c1-2-3-7-11(13)9-5-4-6-10(12)8-9/h4-6,8,11H,2-3,7,13H2,1H3. The number of hydrogen-bond donors (Lipinski definition) is 1. The zero-order valence-electron chi connectivity index (χ0n) is 7.96. The maximum atomic E-state index is 12.8. The quantitative estimate of drug-likeness (QED) is 0.759. The third-order valence-corrected chi connectivity index (χ3v) is 2.15. The highest BCUT2D eigenvalue weighted by Crippen LogP contribution is 2.17. The number of benzene rings is 1. The lowest BCUT2D eigenvalue weighted by molar-refractivity contribution is 0.588. The molecule has 1 nitrogen and oxygen atoms in total. The molecule has 2 N–H and O–H groups in total. The predicted octanol–water partition coefficient (Wildman–Crippen LogP) is 3.02. The van der Waals surface area contributed by atoms with Gasteiger partial charge in [-0.05, 0) is 24.1 Å². The van der Waals surface area contributed by atoms with Crippen molar-refractivity contribution in [3.05, 3.63) is 35.6 Å². The Morgan fingerprint density at radius 3 is 2.85 bits per heavy atom. The SMILES string of the molecule is CCCCC(N)c1cccc(F)c1. The highest BCUT2D eigenvalue weighted by Gasteiger charge is 2.05. The van der Waals surface area contributed by atoms with Crippen molar-refractivity contribution in [1.29, 1.82) is 0 Å². The van der Waals surface area contributed by atoms with E-state index in [2.05, 4.69) is 6.92 Å². The molecule has 0 saturated heterocycles. The topological polar surface area (TPSA) is 26.0 Å². The van der Waals surface area contributed by atoms with Crippen molar-refractivity contribution in [3.8, 4) is 0 Å². The van der Waals surface area contributed by atoms with E-state index in [0.717, 1.165) is 24.8 Å². The Morgan fingerprint density at radius 1 is 1.46 bits per heavy atom. The van der Waals surface area contributed by atoms with Gasteiger partial charge in [-0.2, -0.15) is 0 Å². The molecule has 13 heavy (non-hydrogen) atoms. The van der Waals surface area contributed by atoms with Crippen LogP contribution in [0.5, 0.6) is 0 Å². The molecular weight excluding hydrogens is 165 g/mol. The maximum Gasteiger partial charge on any atom is 0.123 e. The van der Waals surface area contributed by atoms with Crippen molar-refractivity contribution < 1.29 is 4.39 Å². The minimum Gasteiger partial charge on any atom is -0.324 e. The fraction of sp³-hybridized carbons (Fsp3) is 0.455. The van der Waals surface area contributed by atoms with Crippen LogP contribution in [0, 0.1) is 5.82 Å². The average molecular weight is 181 g/mol. The monoisotopic (exact) mass is 181 g/mol. The fourth-order valence-corrected chi connectivity index (χ4v) is 1.33. The van der Waals surface area contributed by atoms with Crippen LogP contribution in [0.25, 0.3) is 0 Å². The van der Waals surface area contributed by atoms with Crippen molar-refractivity contribution >= 4 is 0 Å². The Bertz CT molecular complexity index is 260. The summed E-state index contributed by atoms with van der Waals surface area (Å²) in [5.74, 6) is -0.204. The Labute approximate surface area is 78.8 Å². The molecule has 0 amide bonds. The first kappa shape index (κ1) is 10.2. The zero-order valence-corrected chi connectivity index (χ0v) is 7.96. The van der Waals surface area contributed by atoms with Gasteiger partial charge in [0.25, 0.3) is 0 Å². The van der Waals surface area contributed by atoms with Crippen LogP contribution >= 0.6 is 0 Å². The van der Waals surface area contributed by atoms with Crippen molar-refractivity contribution in [2.24, 2.45) is 5.73 Å². The van der Waals surface area contributed by atoms with Gasteiger partial charge in [0.2, 0.25) is 0 Å². The molecule has 72 valence electrons. The van der Waals surface area contributed by atoms with Crippen molar-refractivity contribution in [2.75, 3.05) is 0 Å². The van der Waals surface area contributed by atoms with Crippen LogP contribution < -0.4 is 5.73 Å². The van der Waals surface area contributed by atoms with E-state index in [1.165, 1.54) is 12.1 Å². The zero-order chi connectivity index (χ0) is 9.68. The van der Waals surface area contributed by atoms with Gasteiger partial charge in [-0.1, -0.05) is 31.9 Å². The van der Waals surface area contributed by atoms with Gasteiger partial charge < -0.3 is 5.73 Å². The third kappa shape index (κ3) is 3.15. The summed E-state index contributed by atoms with van der Waals surface area (Å²) in [6.45, 7) is 2.12. The van der Waals surface area contributed by atoms with Crippen LogP contribution in [-0.2, 0) is 0 Å². The van der Waals surface area contributed by atoms with Crippen LogP contribution in [0.15, 0.2) is 24.3 Å². The Hall–Kier alpha value is -0.890. The molecular formula is C11H16FN. The Balaban J connectivity index is 2.60. The van der Waals surface area contributed by atoms with E-state index in [1.807, 2.05) is 6.07 Å². The van der Waals surface area contributed by atoms with Crippen molar-refractivity contribution in [1.82, 2.24) is 0 Å². The predicted molar refractivity (Wildman–Crippen MR) is 52.9 cm³/mol. The summed E-state index contributed by atoms with van der Waals surface area (Å²) < 4.78 is 12.8. The second kappa shape index (κ2) is 4.97. The molecule has 0 aliphatic carbocycles. The summed E-state index contributed by atoms with van der Waals surface area (Å²) in [6, 6.07) is 6.52. The van der Waals surface area contributed by atoms with E-state index in [1.54, 1.807) is 6.07 Å². The largest absolute Gasteiger partial charge is 0.324 e. The van der Waals surface area contributed by atoms with Crippen LogP contribution in [0.4, 0.5) is 4.39 Å². The molecule has 0 aromatic heterocycles. The fourth-order valence-electron chi connectivity index (χ4n) is 1.33. The van der Waals surface area contributed by atoms with Gasteiger partial charge in [0.05, 0.1) is 0 Å². The van der Waals surface area contributed by atoms with Gasteiger partial charge >= 0.3 is 0 Å². The highest BCUT2D eigenvalue weighted by atomic mass is 19.1. The van der Waals surface area contributed by atoms with E-state index in [9.17, 15) is 4.39 Å². The van der Waals surface area contributed by atoms with E-state index in [-0.39, 0.29) is 11.9 Å². The van der Waals surface area contributed by atoms with E-state index < -0.39 is 0 Å².